The molecule has 34 heavy (non-hydrogen) atoms. The van der Waals surface area contributed by atoms with Crippen LogP contribution in [-0.4, -0.2) is 33.6 Å². The SMILES string of the molecule is COc1ccc(S(=O)(=O)N2CCc3cc(NC4=C(Cl)C(=O)c5ccccc5C4=O)ccc32)cc1. The first-order chi connectivity index (χ1) is 16.3. The highest BCUT2D eigenvalue weighted by Crippen LogP contribution is 2.36. The van der Waals surface area contributed by atoms with E-state index in [1.165, 1.54) is 23.5 Å². The number of fused-ring (bicyclic) bond motifs is 2. The van der Waals surface area contributed by atoms with Gasteiger partial charge in [-0.1, -0.05) is 35.9 Å². The molecule has 0 fully saturated rings. The summed E-state index contributed by atoms with van der Waals surface area (Å²) in [4.78, 5) is 25.7. The van der Waals surface area contributed by atoms with Crippen LogP contribution < -0.4 is 14.4 Å². The number of nitrogens with one attached hydrogen (secondary N) is 1. The Morgan fingerprint density at radius 3 is 2.29 bits per heavy atom. The fourth-order valence-electron chi connectivity index (χ4n) is 4.18. The second-order valence-corrected chi connectivity index (χ2v) is 10.1. The zero-order valence-corrected chi connectivity index (χ0v) is 19.6. The number of carbonyl (C=O) groups excluding carboxylic acids is 2. The lowest BCUT2D eigenvalue weighted by Crippen LogP contribution is -2.29. The number of carbonyl (C=O) groups is 2. The summed E-state index contributed by atoms with van der Waals surface area (Å²) in [5.41, 5.74) is 2.47. The average molecular weight is 495 g/mol. The standard InChI is InChI=1S/C25H19ClN2O5S/c1-33-17-7-9-18(10-8-17)34(31,32)28-13-12-15-14-16(6-11-21(15)28)27-23-22(26)24(29)19-4-2-3-5-20(19)25(23)30/h2-11,14,27H,12-13H2,1H3. The van der Waals surface area contributed by atoms with Gasteiger partial charge < -0.3 is 10.1 Å². The average Bonchev–Trinajstić information content (AvgIpc) is 3.29. The molecule has 1 aliphatic heterocycles. The molecule has 0 atom stereocenters. The van der Waals surface area contributed by atoms with Gasteiger partial charge in [0, 0.05) is 23.4 Å². The maximum atomic E-state index is 13.2. The van der Waals surface area contributed by atoms with Gasteiger partial charge >= 0.3 is 0 Å². The first-order valence-electron chi connectivity index (χ1n) is 10.5. The molecule has 0 spiro atoms. The molecular weight excluding hydrogens is 476 g/mol. The molecule has 1 aliphatic carbocycles. The van der Waals surface area contributed by atoms with E-state index in [-0.39, 0.29) is 32.5 Å². The Morgan fingerprint density at radius 2 is 1.62 bits per heavy atom. The second kappa shape index (κ2) is 8.30. The molecule has 2 aliphatic rings. The number of benzene rings is 3. The minimum Gasteiger partial charge on any atom is -0.497 e. The van der Waals surface area contributed by atoms with Crippen molar-refractivity contribution in [3.8, 4) is 5.75 Å². The maximum absolute atomic E-state index is 13.2. The second-order valence-electron chi connectivity index (χ2n) is 7.86. The Hall–Kier alpha value is -3.62. The molecule has 0 amide bonds. The minimum absolute atomic E-state index is 0.00558. The predicted molar refractivity (Wildman–Crippen MR) is 129 cm³/mol. The van der Waals surface area contributed by atoms with Crippen molar-refractivity contribution < 1.29 is 22.7 Å². The Balaban J connectivity index is 1.43. The summed E-state index contributed by atoms with van der Waals surface area (Å²) < 4.78 is 32.9. The van der Waals surface area contributed by atoms with Crippen molar-refractivity contribution in [2.24, 2.45) is 0 Å². The van der Waals surface area contributed by atoms with Crippen LogP contribution in [0.4, 0.5) is 11.4 Å². The normalized spacial score (nSPS) is 15.3. The summed E-state index contributed by atoms with van der Waals surface area (Å²) in [7, 11) is -2.23. The molecule has 0 radical (unpaired) electrons. The van der Waals surface area contributed by atoms with Crippen molar-refractivity contribution in [2.75, 3.05) is 23.3 Å². The summed E-state index contributed by atoms with van der Waals surface area (Å²) in [6, 6.07) is 17.9. The maximum Gasteiger partial charge on any atom is 0.264 e. The van der Waals surface area contributed by atoms with Gasteiger partial charge in [0.25, 0.3) is 10.0 Å². The molecule has 0 aromatic heterocycles. The number of nitrogens with zero attached hydrogens (tertiary/aromatic N) is 1. The topological polar surface area (TPSA) is 92.8 Å². The molecule has 7 nitrogen and oxygen atoms in total. The van der Waals surface area contributed by atoms with Crippen molar-refractivity contribution in [1.82, 2.24) is 0 Å². The van der Waals surface area contributed by atoms with Crippen LogP contribution >= 0.6 is 11.6 Å². The van der Waals surface area contributed by atoms with Crippen LogP contribution in [0.25, 0.3) is 0 Å². The first-order valence-corrected chi connectivity index (χ1v) is 12.3. The zero-order valence-electron chi connectivity index (χ0n) is 18.0. The Morgan fingerprint density at radius 1 is 0.941 bits per heavy atom. The number of Topliss-reactive ketones (excluding diaryl/α,β-unsaturated/α-hetero) is 2. The lowest BCUT2D eigenvalue weighted by Gasteiger charge is -2.21. The molecule has 172 valence electrons. The van der Waals surface area contributed by atoms with E-state index >= 15 is 0 Å². The highest BCUT2D eigenvalue weighted by Gasteiger charge is 2.33. The molecule has 3 aromatic carbocycles. The minimum atomic E-state index is -3.75. The fourth-order valence-corrected chi connectivity index (χ4v) is 5.91. The highest BCUT2D eigenvalue weighted by atomic mass is 35.5. The smallest absolute Gasteiger partial charge is 0.264 e. The van der Waals surface area contributed by atoms with Crippen LogP contribution in [0.5, 0.6) is 5.75 Å². The molecule has 0 unspecified atom stereocenters. The lowest BCUT2D eigenvalue weighted by atomic mass is 9.92. The fraction of sp³-hybridized carbons (Fsp3) is 0.120. The number of rotatable bonds is 5. The van der Waals surface area contributed by atoms with Gasteiger partial charge in [-0.25, -0.2) is 8.42 Å². The van der Waals surface area contributed by atoms with E-state index in [1.54, 1.807) is 54.6 Å². The monoisotopic (exact) mass is 494 g/mol. The van der Waals surface area contributed by atoms with Gasteiger partial charge in [-0.05, 0) is 54.4 Å². The van der Waals surface area contributed by atoms with Crippen molar-refractivity contribution in [1.29, 1.82) is 0 Å². The quantitative estimate of drug-likeness (QED) is 0.565. The third kappa shape index (κ3) is 3.55. The summed E-state index contributed by atoms with van der Waals surface area (Å²) in [5, 5.41) is 2.80. The Kier molecular flexibility index (Phi) is 5.42. The van der Waals surface area contributed by atoms with Crippen molar-refractivity contribution in [3.05, 3.63) is 94.1 Å². The summed E-state index contributed by atoms with van der Waals surface area (Å²) >= 11 is 6.25. The van der Waals surface area contributed by atoms with E-state index in [1.807, 2.05) is 0 Å². The highest BCUT2D eigenvalue weighted by molar-refractivity contribution is 7.92. The van der Waals surface area contributed by atoms with E-state index < -0.39 is 15.8 Å². The molecule has 0 saturated heterocycles. The summed E-state index contributed by atoms with van der Waals surface area (Å²) in [6.45, 7) is 0.293. The van der Waals surface area contributed by atoms with Gasteiger partial charge in [-0.2, -0.15) is 0 Å². The molecular formula is C25H19ClN2O5S. The van der Waals surface area contributed by atoms with E-state index in [9.17, 15) is 18.0 Å². The number of hydrogen-bond donors (Lipinski definition) is 1. The molecule has 3 aromatic rings. The van der Waals surface area contributed by atoms with Crippen molar-refractivity contribution in [3.63, 3.8) is 0 Å². The van der Waals surface area contributed by atoms with Crippen LogP contribution in [0.1, 0.15) is 26.3 Å². The van der Waals surface area contributed by atoms with Gasteiger partial charge in [0.1, 0.15) is 16.5 Å². The summed E-state index contributed by atoms with van der Waals surface area (Å²) in [6.07, 6.45) is 0.503. The van der Waals surface area contributed by atoms with Gasteiger partial charge in [0.05, 0.1) is 17.7 Å². The van der Waals surface area contributed by atoms with E-state index in [0.717, 1.165) is 5.56 Å². The van der Waals surface area contributed by atoms with Gasteiger partial charge in [-0.3, -0.25) is 13.9 Å². The number of ether oxygens (including phenoxy) is 1. The van der Waals surface area contributed by atoms with Crippen molar-refractivity contribution >= 4 is 44.6 Å². The molecule has 5 rings (SSSR count). The van der Waals surface area contributed by atoms with E-state index in [4.69, 9.17) is 16.3 Å². The lowest BCUT2D eigenvalue weighted by molar-refractivity contribution is 0.0982. The number of hydrogen-bond acceptors (Lipinski definition) is 6. The van der Waals surface area contributed by atoms with Gasteiger partial charge in [0.15, 0.2) is 0 Å². The van der Waals surface area contributed by atoms with E-state index in [2.05, 4.69) is 5.32 Å². The summed E-state index contributed by atoms with van der Waals surface area (Å²) in [5.74, 6) is -0.218. The zero-order chi connectivity index (χ0) is 24.0. The molecule has 0 saturated carbocycles. The van der Waals surface area contributed by atoms with Crippen LogP contribution in [0, 0.1) is 0 Å². The molecule has 0 bridgehead atoms. The van der Waals surface area contributed by atoms with Crippen LogP contribution in [0.15, 0.2) is 82.4 Å². The Bertz CT molecular complexity index is 1480. The number of ketones is 2. The molecule has 9 heteroatoms. The third-order valence-corrected chi connectivity index (χ3v) is 8.10. The molecule has 1 N–H and O–H groups in total. The third-order valence-electron chi connectivity index (χ3n) is 5.91. The first kappa shape index (κ1) is 22.2. The predicted octanol–water partition coefficient (Wildman–Crippen LogP) is 4.39. The van der Waals surface area contributed by atoms with Crippen LogP contribution in [0.2, 0.25) is 0 Å². The number of halogens is 1. The largest absolute Gasteiger partial charge is 0.497 e. The number of allylic oxidation sites excluding steroid dienone is 2. The van der Waals surface area contributed by atoms with E-state index in [0.29, 0.717) is 30.1 Å². The van der Waals surface area contributed by atoms with Crippen molar-refractivity contribution in [2.45, 2.75) is 11.3 Å². The Labute approximate surface area is 201 Å². The number of methoxy groups -OCH3 is 1. The number of anilines is 2. The number of sulfonamides is 1. The van der Waals surface area contributed by atoms with Crippen LogP contribution in [-0.2, 0) is 16.4 Å². The molecule has 1 heterocycles. The van der Waals surface area contributed by atoms with Crippen LogP contribution in [0.3, 0.4) is 0 Å². The van der Waals surface area contributed by atoms with Gasteiger partial charge in [0.2, 0.25) is 11.6 Å². The van der Waals surface area contributed by atoms with Gasteiger partial charge in [-0.15, -0.1) is 0 Å².